The Kier molecular flexibility index (Phi) is 4.87. The van der Waals surface area contributed by atoms with Gasteiger partial charge < -0.3 is 4.90 Å². The molecule has 1 aromatic heterocycles. The Hall–Kier alpha value is -2.26. The van der Waals surface area contributed by atoms with E-state index in [0.29, 0.717) is 18.7 Å². The Bertz CT molecular complexity index is 850. The number of aromatic amines is 1. The van der Waals surface area contributed by atoms with Crippen LogP contribution in [0, 0.1) is 6.92 Å². The van der Waals surface area contributed by atoms with Crippen molar-refractivity contribution in [2.45, 2.75) is 25.3 Å². The number of carbonyl (C=O) groups excluding carboxylic acids is 1. The fourth-order valence-corrected chi connectivity index (χ4v) is 4.06. The van der Waals surface area contributed by atoms with Crippen LogP contribution in [0.3, 0.4) is 0 Å². The maximum atomic E-state index is 12.7. The van der Waals surface area contributed by atoms with Gasteiger partial charge in [0.1, 0.15) is 0 Å². The van der Waals surface area contributed by atoms with Crippen LogP contribution < -0.4 is 4.72 Å². The van der Waals surface area contributed by atoms with Crippen LogP contribution in [0.25, 0.3) is 0 Å². The fourth-order valence-electron chi connectivity index (χ4n) is 3.27. The van der Waals surface area contributed by atoms with E-state index in [1.165, 1.54) is 0 Å². The van der Waals surface area contributed by atoms with Crippen molar-refractivity contribution in [3.05, 3.63) is 47.3 Å². The highest BCUT2D eigenvalue weighted by Crippen LogP contribution is 2.29. The largest absolute Gasteiger partial charge is 0.336 e. The Labute approximate surface area is 146 Å². The molecule has 1 aromatic carbocycles. The van der Waals surface area contributed by atoms with E-state index in [4.69, 9.17) is 0 Å². The van der Waals surface area contributed by atoms with Crippen LogP contribution in [0.15, 0.2) is 30.3 Å². The Balaban J connectivity index is 1.84. The molecule has 1 aliphatic rings. The zero-order valence-corrected chi connectivity index (χ0v) is 15.0. The Morgan fingerprint density at radius 2 is 2.00 bits per heavy atom. The molecule has 25 heavy (non-hydrogen) atoms. The van der Waals surface area contributed by atoms with Gasteiger partial charge >= 0.3 is 0 Å². The third kappa shape index (κ3) is 4.05. The zero-order chi connectivity index (χ0) is 18.0. The number of likely N-dealkylation sites (tertiary alicyclic amines) is 1. The molecule has 2 heterocycles. The standard InChI is InChI=1S/C16H21N5O3S/c1-11-15(18-20-17-11)16(22)21-9-8-13(12-6-4-3-5-7-12)14(10-21)19-25(2,23)24/h3-7,13-14,19H,8-10H2,1-2H3,(H,17,18,20)/t13-,14-/m0/s1. The number of nitrogens with zero attached hydrogens (tertiary/aromatic N) is 3. The molecule has 0 aliphatic carbocycles. The molecule has 1 saturated heterocycles. The second-order valence-electron chi connectivity index (χ2n) is 6.31. The number of aromatic nitrogens is 3. The molecule has 9 heteroatoms. The lowest BCUT2D eigenvalue weighted by atomic mass is 9.85. The average Bonchev–Trinajstić information content (AvgIpc) is 2.99. The molecular weight excluding hydrogens is 342 g/mol. The van der Waals surface area contributed by atoms with Crippen LogP contribution >= 0.6 is 0 Å². The number of H-pyrrole nitrogens is 1. The molecular formula is C16H21N5O3S. The molecule has 2 aromatic rings. The summed E-state index contributed by atoms with van der Waals surface area (Å²) in [5.41, 5.74) is 1.87. The van der Waals surface area contributed by atoms with Crippen molar-refractivity contribution < 1.29 is 13.2 Å². The van der Waals surface area contributed by atoms with E-state index in [1.807, 2.05) is 30.3 Å². The molecule has 1 amide bonds. The van der Waals surface area contributed by atoms with Crippen molar-refractivity contribution in [3.8, 4) is 0 Å². The molecule has 1 aliphatic heterocycles. The summed E-state index contributed by atoms with van der Waals surface area (Å²) >= 11 is 0. The second kappa shape index (κ2) is 6.93. The van der Waals surface area contributed by atoms with Gasteiger partial charge in [-0.05, 0) is 18.9 Å². The van der Waals surface area contributed by atoms with Crippen molar-refractivity contribution in [2.75, 3.05) is 19.3 Å². The minimum absolute atomic E-state index is 0.0124. The smallest absolute Gasteiger partial charge is 0.276 e. The van der Waals surface area contributed by atoms with Gasteiger partial charge in [-0.1, -0.05) is 30.3 Å². The molecule has 8 nitrogen and oxygen atoms in total. The van der Waals surface area contributed by atoms with Crippen LogP contribution in [0.4, 0.5) is 0 Å². The fraction of sp³-hybridized carbons (Fsp3) is 0.438. The summed E-state index contributed by atoms with van der Waals surface area (Å²) in [5, 5.41) is 10.2. The first-order valence-electron chi connectivity index (χ1n) is 8.04. The molecule has 2 N–H and O–H groups in total. The molecule has 0 radical (unpaired) electrons. The summed E-state index contributed by atoms with van der Waals surface area (Å²) in [6.07, 6.45) is 1.80. The first-order valence-corrected chi connectivity index (χ1v) is 9.93. The summed E-state index contributed by atoms with van der Waals surface area (Å²) in [4.78, 5) is 14.3. The molecule has 0 spiro atoms. The van der Waals surface area contributed by atoms with Gasteiger partial charge in [0.15, 0.2) is 5.69 Å². The van der Waals surface area contributed by atoms with Crippen LogP contribution in [-0.4, -0.2) is 60.0 Å². The van der Waals surface area contributed by atoms with Gasteiger partial charge in [0.05, 0.1) is 11.9 Å². The highest BCUT2D eigenvalue weighted by atomic mass is 32.2. The van der Waals surface area contributed by atoms with Gasteiger partial charge in [0, 0.05) is 25.0 Å². The van der Waals surface area contributed by atoms with E-state index in [9.17, 15) is 13.2 Å². The number of amides is 1. The summed E-state index contributed by atoms with van der Waals surface area (Å²) in [6.45, 7) is 2.53. The molecule has 134 valence electrons. The van der Waals surface area contributed by atoms with Crippen LogP contribution in [0.5, 0.6) is 0 Å². The quantitative estimate of drug-likeness (QED) is 0.830. The van der Waals surface area contributed by atoms with Gasteiger partial charge in [0.25, 0.3) is 5.91 Å². The van der Waals surface area contributed by atoms with Crippen LogP contribution in [0.2, 0.25) is 0 Å². The van der Waals surface area contributed by atoms with E-state index in [1.54, 1.807) is 11.8 Å². The van der Waals surface area contributed by atoms with Crippen molar-refractivity contribution >= 4 is 15.9 Å². The van der Waals surface area contributed by atoms with Crippen molar-refractivity contribution in [3.63, 3.8) is 0 Å². The average molecular weight is 363 g/mol. The predicted molar refractivity (Wildman–Crippen MR) is 92.6 cm³/mol. The summed E-state index contributed by atoms with van der Waals surface area (Å²) < 4.78 is 26.3. The highest BCUT2D eigenvalue weighted by molar-refractivity contribution is 7.88. The number of carbonyl (C=O) groups is 1. The van der Waals surface area contributed by atoms with Gasteiger partial charge in [-0.25, -0.2) is 13.1 Å². The lowest BCUT2D eigenvalue weighted by Crippen LogP contribution is -2.53. The minimum Gasteiger partial charge on any atom is -0.336 e. The molecule has 3 rings (SSSR count). The number of aryl methyl sites for hydroxylation is 1. The van der Waals surface area contributed by atoms with Crippen molar-refractivity contribution in [2.24, 2.45) is 0 Å². The lowest BCUT2D eigenvalue weighted by Gasteiger charge is -2.38. The minimum atomic E-state index is -3.40. The van der Waals surface area contributed by atoms with E-state index in [-0.39, 0.29) is 30.1 Å². The van der Waals surface area contributed by atoms with E-state index < -0.39 is 10.0 Å². The number of piperidine rings is 1. The first kappa shape index (κ1) is 17.6. The van der Waals surface area contributed by atoms with Gasteiger partial charge in [-0.15, -0.1) is 0 Å². The zero-order valence-electron chi connectivity index (χ0n) is 14.1. The van der Waals surface area contributed by atoms with Crippen molar-refractivity contribution in [1.29, 1.82) is 0 Å². The highest BCUT2D eigenvalue weighted by Gasteiger charge is 2.35. The predicted octanol–water partition coefficient (Wildman–Crippen LogP) is 0.661. The van der Waals surface area contributed by atoms with Gasteiger partial charge in [-0.3, -0.25) is 4.79 Å². The molecule has 1 fully saturated rings. The molecule has 2 atom stereocenters. The maximum Gasteiger partial charge on any atom is 0.276 e. The van der Waals surface area contributed by atoms with Crippen LogP contribution in [-0.2, 0) is 10.0 Å². The number of nitrogens with one attached hydrogen (secondary N) is 2. The van der Waals surface area contributed by atoms with Crippen LogP contribution in [0.1, 0.15) is 34.1 Å². The number of sulfonamides is 1. The lowest BCUT2D eigenvalue weighted by molar-refractivity contribution is 0.0680. The van der Waals surface area contributed by atoms with Crippen molar-refractivity contribution in [1.82, 2.24) is 25.0 Å². The number of rotatable bonds is 4. The summed E-state index contributed by atoms with van der Waals surface area (Å²) in [7, 11) is -3.40. The molecule has 0 unspecified atom stereocenters. The first-order chi connectivity index (χ1) is 11.8. The normalized spacial score (nSPS) is 21.3. The van der Waals surface area contributed by atoms with Gasteiger partial charge in [0.2, 0.25) is 10.0 Å². The monoisotopic (exact) mass is 363 g/mol. The third-order valence-corrected chi connectivity index (χ3v) is 5.15. The second-order valence-corrected chi connectivity index (χ2v) is 8.09. The topological polar surface area (TPSA) is 108 Å². The number of hydrogen-bond acceptors (Lipinski definition) is 5. The summed E-state index contributed by atoms with van der Waals surface area (Å²) in [6, 6.07) is 9.38. The SMILES string of the molecule is Cc1n[nH]nc1C(=O)N1CC[C@@H](c2ccccc2)[C@@H](NS(C)(=O)=O)C1. The molecule has 0 saturated carbocycles. The third-order valence-electron chi connectivity index (χ3n) is 4.42. The Morgan fingerprint density at radius 1 is 1.28 bits per heavy atom. The van der Waals surface area contributed by atoms with E-state index >= 15 is 0 Å². The maximum absolute atomic E-state index is 12.7. The molecule has 0 bridgehead atoms. The number of hydrogen-bond donors (Lipinski definition) is 2. The number of benzene rings is 1. The van der Waals surface area contributed by atoms with Gasteiger partial charge in [-0.2, -0.15) is 15.4 Å². The van der Waals surface area contributed by atoms with E-state index in [0.717, 1.165) is 11.8 Å². The summed E-state index contributed by atoms with van der Waals surface area (Å²) in [5.74, 6) is -0.226. The Morgan fingerprint density at radius 3 is 2.60 bits per heavy atom. The van der Waals surface area contributed by atoms with E-state index in [2.05, 4.69) is 20.1 Å².